The van der Waals surface area contributed by atoms with Crippen LogP contribution in [0, 0.1) is 23.2 Å². The molecule has 0 fully saturated rings. The number of unbranched alkanes of at least 4 members (excludes halogenated alkanes) is 2. The van der Waals surface area contributed by atoms with E-state index >= 15 is 0 Å². The molecule has 0 heterocycles. The monoisotopic (exact) mass is 228 g/mol. The van der Waals surface area contributed by atoms with Crippen LogP contribution in [0.3, 0.4) is 0 Å². The number of ether oxygens (including phenoxy) is 1. The average molecular weight is 228 g/mol. The molecule has 0 aliphatic heterocycles. The summed E-state index contributed by atoms with van der Waals surface area (Å²) in [4.78, 5) is 0. The maximum Gasteiger partial charge on any atom is 0.134 e. The van der Waals surface area contributed by atoms with Gasteiger partial charge in [0.1, 0.15) is 5.75 Å². The Bertz CT molecular complexity index is 463. The van der Waals surface area contributed by atoms with Gasteiger partial charge in [0.15, 0.2) is 0 Å². The quantitative estimate of drug-likeness (QED) is 0.633. The summed E-state index contributed by atoms with van der Waals surface area (Å²) in [6.45, 7) is 0.703. The third-order valence-electron chi connectivity index (χ3n) is 2.31. The van der Waals surface area contributed by atoms with Crippen molar-refractivity contribution in [2.24, 2.45) is 5.73 Å². The van der Waals surface area contributed by atoms with E-state index in [2.05, 4.69) is 17.9 Å². The van der Waals surface area contributed by atoms with E-state index < -0.39 is 0 Å². The fourth-order valence-electron chi connectivity index (χ4n) is 1.39. The summed E-state index contributed by atoms with van der Waals surface area (Å²) < 4.78 is 5.19. The molecule has 0 aliphatic rings. The molecule has 2 N–H and O–H groups in total. The van der Waals surface area contributed by atoms with Crippen LogP contribution in [0.4, 0.5) is 0 Å². The van der Waals surface area contributed by atoms with E-state index in [1.54, 1.807) is 25.3 Å². The van der Waals surface area contributed by atoms with Crippen molar-refractivity contribution in [3.8, 4) is 23.7 Å². The molecule has 17 heavy (non-hydrogen) atoms. The standard InChI is InChI=1S/C14H16N2O/c1-17-14-8-7-12(11-16)10-13(14)6-4-2-3-5-9-15/h7-8,10H,2-3,5,9,15H2,1H3. The summed E-state index contributed by atoms with van der Waals surface area (Å²) in [6.07, 6.45) is 2.81. The maximum absolute atomic E-state index is 8.81. The summed E-state index contributed by atoms with van der Waals surface area (Å²) in [5.41, 5.74) is 6.76. The molecule has 0 atom stereocenters. The Labute approximate surface area is 102 Å². The van der Waals surface area contributed by atoms with Crippen LogP contribution in [0.2, 0.25) is 0 Å². The van der Waals surface area contributed by atoms with Crippen molar-refractivity contribution in [2.45, 2.75) is 19.3 Å². The minimum atomic E-state index is 0.594. The fourth-order valence-corrected chi connectivity index (χ4v) is 1.39. The summed E-state index contributed by atoms with van der Waals surface area (Å²) in [5.74, 6) is 6.80. The lowest BCUT2D eigenvalue weighted by molar-refractivity contribution is 0.413. The first-order valence-corrected chi connectivity index (χ1v) is 5.59. The van der Waals surface area contributed by atoms with E-state index in [0.29, 0.717) is 17.9 Å². The van der Waals surface area contributed by atoms with Crippen LogP contribution in [0.15, 0.2) is 18.2 Å². The van der Waals surface area contributed by atoms with Gasteiger partial charge in [0.25, 0.3) is 0 Å². The average Bonchev–Trinajstić information content (AvgIpc) is 2.38. The van der Waals surface area contributed by atoms with Gasteiger partial charge in [0, 0.05) is 6.42 Å². The van der Waals surface area contributed by atoms with Gasteiger partial charge in [0.2, 0.25) is 0 Å². The lowest BCUT2D eigenvalue weighted by atomic mass is 10.1. The number of methoxy groups -OCH3 is 1. The molecule has 1 aromatic rings. The molecular formula is C14H16N2O. The Morgan fingerprint density at radius 2 is 2.18 bits per heavy atom. The minimum Gasteiger partial charge on any atom is -0.495 e. The maximum atomic E-state index is 8.81. The topological polar surface area (TPSA) is 59.0 Å². The number of hydrogen-bond acceptors (Lipinski definition) is 3. The number of hydrogen-bond donors (Lipinski definition) is 1. The number of rotatable bonds is 4. The predicted octanol–water partition coefficient (Wildman–Crippen LogP) is 2.05. The van der Waals surface area contributed by atoms with Crippen molar-refractivity contribution >= 4 is 0 Å². The first kappa shape index (κ1) is 13.1. The Hall–Kier alpha value is -1.97. The summed E-state index contributed by atoms with van der Waals surface area (Å²) >= 11 is 0. The summed E-state index contributed by atoms with van der Waals surface area (Å²) in [6, 6.07) is 7.32. The van der Waals surface area contributed by atoms with Crippen molar-refractivity contribution < 1.29 is 4.74 Å². The van der Waals surface area contributed by atoms with Crippen LogP contribution in [0.5, 0.6) is 5.75 Å². The van der Waals surface area contributed by atoms with Crippen molar-refractivity contribution in [1.29, 1.82) is 5.26 Å². The molecule has 0 radical (unpaired) electrons. The third-order valence-corrected chi connectivity index (χ3v) is 2.31. The molecule has 88 valence electrons. The molecule has 0 unspecified atom stereocenters. The van der Waals surface area contributed by atoms with Crippen LogP contribution >= 0.6 is 0 Å². The smallest absolute Gasteiger partial charge is 0.134 e. The van der Waals surface area contributed by atoms with E-state index in [4.69, 9.17) is 15.7 Å². The van der Waals surface area contributed by atoms with Gasteiger partial charge < -0.3 is 10.5 Å². The molecule has 0 amide bonds. The number of nitrogens with zero attached hydrogens (tertiary/aromatic N) is 1. The Morgan fingerprint density at radius 1 is 1.35 bits per heavy atom. The number of benzene rings is 1. The zero-order chi connectivity index (χ0) is 12.5. The van der Waals surface area contributed by atoms with Crippen molar-refractivity contribution in [2.75, 3.05) is 13.7 Å². The molecule has 0 spiro atoms. The van der Waals surface area contributed by atoms with E-state index in [1.807, 2.05) is 0 Å². The molecule has 0 aromatic heterocycles. The second-order valence-electron chi connectivity index (χ2n) is 3.57. The zero-order valence-electron chi connectivity index (χ0n) is 9.99. The van der Waals surface area contributed by atoms with Crippen molar-refractivity contribution in [3.63, 3.8) is 0 Å². The lowest BCUT2D eigenvalue weighted by Gasteiger charge is -2.02. The second-order valence-corrected chi connectivity index (χ2v) is 3.57. The molecule has 3 nitrogen and oxygen atoms in total. The molecule has 0 saturated carbocycles. The van der Waals surface area contributed by atoms with Crippen LogP contribution in [-0.2, 0) is 0 Å². The predicted molar refractivity (Wildman–Crippen MR) is 67.5 cm³/mol. The summed E-state index contributed by atoms with van der Waals surface area (Å²) in [5, 5.41) is 8.81. The van der Waals surface area contributed by atoms with Gasteiger partial charge in [-0.1, -0.05) is 11.8 Å². The van der Waals surface area contributed by atoms with E-state index in [1.165, 1.54) is 0 Å². The number of nitriles is 1. The Balaban J connectivity index is 2.77. The molecule has 0 bridgehead atoms. The normalized spacial score (nSPS) is 9.00. The first-order valence-electron chi connectivity index (χ1n) is 5.59. The summed E-state index contributed by atoms with van der Waals surface area (Å²) in [7, 11) is 1.60. The van der Waals surface area contributed by atoms with E-state index in [9.17, 15) is 0 Å². The SMILES string of the molecule is COc1ccc(C#N)cc1C#CCCCCN. The number of nitrogens with two attached hydrogens (primary N) is 1. The van der Waals surface area contributed by atoms with Gasteiger partial charge in [-0.2, -0.15) is 5.26 Å². The van der Waals surface area contributed by atoms with Crippen molar-refractivity contribution in [3.05, 3.63) is 29.3 Å². The first-order chi connectivity index (χ1) is 8.31. The molecule has 3 heteroatoms. The highest BCUT2D eigenvalue weighted by atomic mass is 16.5. The van der Waals surface area contributed by atoms with Crippen LogP contribution < -0.4 is 10.5 Å². The van der Waals surface area contributed by atoms with Gasteiger partial charge in [-0.05, 0) is 37.6 Å². The van der Waals surface area contributed by atoms with Crippen LogP contribution in [-0.4, -0.2) is 13.7 Å². The molecule has 0 aliphatic carbocycles. The molecular weight excluding hydrogens is 212 g/mol. The van der Waals surface area contributed by atoms with E-state index in [0.717, 1.165) is 24.8 Å². The van der Waals surface area contributed by atoms with Gasteiger partial charge in [-0.25, -0.2) is 0 Å². The molecule has 1 rings (SSSR count). The highest BCUT2D eigenvalue weighted by Gasteiger charge is 2.00. The van der Waals surface area contributed by atoms with Gasteiger partial charge in [-0.15, -0.1) is 0 Å². The van der Waals surface area contributed by atoms with E-state index in [-0.39, 0.29) is 0 Å². The van der Waals surface area contributed by atoms with Crippen LogP contribution in [0.25, 0.3) is 0 Å². The third kappa shape index (κ3) is 4.18. The molecule has 0 saturated heterocycles. The minimum absolute atomic E-state index is 0.594. The van der Waals surface area contributed by atoms with Crippen LogP contribution in [0.1, 0.15) is 30.4 Å². The highest BCUT2D eigenvalue weighted by molar-refractivity contribution is 5.50. The second kappa shape index (κ2) is 7.33. The van der Waals surface area contributed by atoms with Gasteiger partial charge in [-0.3, -0.25) is 0 Å². The Morgan fingerprint density at radius 3 is 2.82 bits per heavy atom. The van der Waals surface area contributed by atoms with Gasteiger partial charge in [0.05, 0.1) is 24.3 Å². The largest absolute Gasteiger partial charge is 0.495 e. The van der Waals surface area contributed by atoms with Crippen molar-refractivity contribution in [1.82, 2.24) is 0 Å². The van der Waals surface area contributed by atoms with Gasteiger partial charge >= 0.3 is 0 Å². The highest BCUT2D eigenvalue weighted by Crippen LogP contribution is 2.18. The Kier molecular flexibility index (Phi) is 5.64. The zero-order valence-corrected chi connectivity index (χ0v) is 9.99. The fraction of sp³-hybridized carbons (Fsp3) is 0.357. The molecule has 1 aromatic carbocycles. The lowest BCUT2D eigenvalue weighted by Crippen LogP contribution is -1.97.